The number of aryl methyl sites for hydroxylation is 1. The minimum atomic E-state index is 1.01. The summed E-state index contributed by atoms with van der Waals surface area (Å²) < 4.78 is 0. The number of nitrogens with one attached hydrogen (secondary N) is 1. The van der Waals surface area contributed by atoms with Gasteiger partial charge < -0.3 is 9.88 Å². The fourth-order valence-corrected chi connectivity index (χ4v) is 2.05. The average molecular weight is 202 g/mol. The average Bonchev–Trinajstić information content (AvgIpc) is 2.56. The zero-order chi connectivity index (χ0) is 10.8. The highest BCUT2D eigenvalue weighted by molar-refractivity contribution is 5.84. The molecule has 2 nitrogen and oxygen atoms in total. The van der Waals surface area contributed by atoms with Gasteiger partial charge >= 0.3 is 0 Å². The Labute approximate surface area is 90.9 Å². The normalized spacial score (nSPS) is 11.5. The van der Waals surface area contributed by atoms with Gasteiger partial charge in [0.25, 0.3) is 0 Å². The second-order valence-corrected chi connectivity index (χ2v) is 4.22. The van der Waals surface area contributed by atoms with Gasteiger partial charge in [-0.15, -0.1) is 0 Å². The van der Waals surface area contributed by atoms with E-state index in [0.29, 0.717) is 0 Å². The van der Waals surface area contributed by atoms with E-state index < -0.39 is 0 Å². The van der Waals surface area contributed by atoms with Gasteiger partial charge in [0.2, 0.25) is 0 Å². The van der Waals surface area contributed by atoms with E-state index in [9.17, 15) is 0 Å². The lowest BCUT2D eigenvalue weighted by Crippen LogP contribution is -2.11. The second-order valence-electron chi connectivity index (χ2n) is 4.22. The van der Waals surface area contributed by atoms with Gasteiger partial charge in [0.15, 0.2) is 0 Å². The summed E-state index contributed by atoms with van der Waals surface area (Å²) in [5.41, 5.74) is 4.06. The first kappa shape index (κ1) is 10.2. The fourth-order valence-electron chi connectivity index (χ4n) is 2.05. The molecule has 0 amide bonds. The van der Waals surface area contributed by atoms with Crippen LogP contribution in [0.25, 0.3) is 10.9 Å². The van der Waals surface area contributed by atoms with E-state index in [4.69, 9.17) is 0 Å². The zero-order valence-corrected chi connectivity index (χ0v) is 9.67. The zero-order valence-electron chi connectivity index (χ0n) is 9.67. The van der Waals surface area contributed by atoms with Gasteiger partial charge in [0.05, 0.1) is 0 Å². The topological polar surface area (TPSA) is 19.0 Å². The van der Waals surface area contributed by atoms with E-state index in [2.05, 4.69) is 55.2 Å². The van der Waals surface area contributed by atoms with Crippen LogP contribution in [0.3, 0.4) is 0 Å². The van der Waals surface area contributed by atoms with Gasteiger partial charge in [-0.2, -0.15) is 0 Å². The molecule has 0 unspecified atom stereocenters. The molecule has 0 atom stereocenters. The maximum atomic E-state index is 3.49. The molecular weight excluding hydrogens is 184 g/mol. The van der Waals surface area contributed by atoms with Crippen molar-refractivity contribution in [2.45, 2.75) is 19.9 Å². The molecule has 0 spiro atoms. The predicted octanol–water partition coefficient (Wildman–Crippen LogP) is 2.79. The van der Waals surface area contributed by atoms with Gasteiger partial charge in [0, 0.05) is 23.1 Å². The van der Waals surface area contributed by atoms with Crippen LogP contribution in [0.1, 0.15) is 18.2 Å². The molecule has 1 N–H and O–H groups in total. The molecule has 0 saturated carbocycles. The molecule has 15 heavy (non-hydrogen) atoms. The molecule has 0 aliphatic rings. The number of aromatic nitrogens is 1. The van der Waals surface area contributed by atoms with E-state index in [-0.39, 0.29) is 0 Å². The van der Waals surface area contributed by atoms with Crippen LogP contribution in [0.15, 0.2) is 24.3 Å². The summed E-state index contributed by atoms with van der Waals surface area (Å²) in [5, 5.41) is 1.36. The van der Waals surface area contributed by atoms with Crippen molar-refractivity contribution < 1.29 is 0 Å². The van der Waals surface area contributed by atoms with Crippen molar-refractivity contribution in [1.29, 1.82) is 0 Å². The number of nitrogens with zero attached hydrogens (tertiary/aromatic N) is 1. The molecule has 1 aromatic carbocycles. The summed E-state index contributed by atoms with van der Waals surface area (Å²) in [7, 11) is 4.22. The van der Waals surface area contributed by atoms with Gasteiger partial charge in [-0.1, -0.05) is 25.1 Å². The first-order chi connectivity index (χ1) is 7.22. The highest BCUT2D eigenvalue weighted by Gasteiger charge is 2.09. The SMILES string of the molecule is CCc1[nH]c2ccccc2c1CN(C)C. The Morgan fingerprint density at radius 3 is 2.60 bits per heavy atom. The van der Waals surface area contributed by atoms with Gasteiger partial charge in [-0.3, -0.25) is 0 Å². The van der Waals surface area contributed by atoms with Crippen molar-refractivity contribution in [3.63, 3.8) is 0 Å². The van der Waals surface area contributed by atoms with Crippen molar-refractivity contribution in [3.8, 4) is 0 Å². The Balaban J connectivity index is 2.56. The third-order valence-electron chi connectivity index (χ3n) is 2.73. The fraction of sp³-hybridized carbons (Fsp3) is 0.385. The molecule has 0 saturated heterocycles. The van der Waals surface area contributed by atoms with Gasteiger partial charge in [-0.05, 0) is 32.1 Å². The number of fused-ring (bicyclic) bond motifs is 1. The molecule has 2 rings (SSSR count). The largest absolute Gasteiger partial charge is 0.358 e. The standard InChI is InChI=1S/C13H18N2/c1-4-12-11(9-15(2)3)10-7-5-6-8-13(10)14-12/h5-8,14H,4,9H2,1-3H3. The summed E-state index contributed by atoms with van der Waals surface area (Å²) in [5.74, 6) is 0. The molecule has 2 heteroatoms. The summed E-state index contributed by atoms with van der Waals surface area (Å²) in [6, 6.07) is 8.53. The minimum Gasteiger partial charge on any atom is -0.358 e. The van der Waals surface area contributed by atoms with Crippen molar-refractivity contribution in [2.75, 3.05) is 14.1 Å². The Kier molecular flexibility index (Phi) is 2.78. The highest BCUT2D eigenvalue weighted by Crippen LogP contribution is 2.23. The summed E-state index contributed by atoms with van der Waals surface area (Å²) >= 11 is 0. The number of rotatable bonds is 3. The maximum Gasteiger partial charge on any atom is 0.0459 e. The van der Waals surface area contributed by atoms with Crippen molar-refractivity contribution >= 4 is 10.9 Å². The molecule has 0 radical (unpaired) electrons. The van der Waals surface area contributed by atoms with E-state index in [0.717, 1.165) is 13.0 Å². The van der Waals surface area contributed by atoms with Crippen LogP contribution in [0.2, 0.25) is 0 Å². The van der Waals surface area contributed by atoms with Crippen molar-refractivity contribution in [1.82, 2.24) is 9.88 Å². The van der Waals surface area contributed by atoms with Crippen LogP contribution >= 0.6 is 0 Å². The number of para-hydroxylation sites is 1. The Hall–Kier alpha value is -1.28. The van der Waals surface area contributed by atoms with E-state index in [1.165, 1.54) is 22.2 Å². The number of hydrogen-bond acceptors (Lipinski definition) is 1. The van der Waals surface area contributed by atoms with Crippen LogP contribution in [-0.2, 0) is 13.0 Å². The smallest absolute Gasteiger partial charge is 0.0459 e. The lowest BCUT2D eigenvalue weighted by molar-refractivity contribution is 0.402. The lowest BCUT2D eigenvalue weighted by Gasteiger charge is -2.10. The molecule has 1 aromatic heterocycles. The number of hydrogen-bond donors (Lipinski definition) is 1. The first-order valence-electron chi connectivity index (χ1n) is 5.45. The molecule has 0 bridgehead atoms. The van der Waals surface area contributed by atoms with Crippen molar-refractivity contribution in [2.24, 2.45) is 0 Å². The van der Waals surface area contributed by atoms with Crippen LogP contribution < -0.4 is 0 Å². The number of benzene rings is 1. The minimum absolute atomic E-state index is 1.01. The Morgan fingerprint density at radius 1 is 1.20 bits per heavy atom. The third kappa shape index (κ3) is 1.90. The van der Waals surface area contributed by atoms with Gasteiger partial charge in [0.1, 0.15) is 0 Å². The quantitative estimate of drug-likeness (QED) is 0.811. The van der Waals surface area contributed by atoms with Crippen LogP contribution in [0.4, 0.5) is 0 Å². The first-order valence-corrected chi connectivity index (χ1v) is 5.45. The van der Waals surface area contributed by atoms with Crippen LogP contribution in [0.5, 0.6) is 0 Å². The van der Waals surface area contributed by atoms with Crippen LogP contribution in [0, 0.1) is 0 Å². The summed E-state index contributed by atoms with van der Waals surface area (Å²) in [6.07, 6.45) is 1.07. The molecule has 1 heterocycles. The predicted molar refractivity (Wildman–Crippen MR) is 65.1 cm³/mol. The molecule has 2 aromatic rings. The van der Waals surface area contributed by atoms with Crippen molar-refractivity contribution in [3.05, 3.63) is 35.5 Å². The molecule has 0 aliphatic carbocycles. The summed E-state index contributed by atoms with van der Waals surface area (Å²) in [4.78, 5) is 5.71. The van der Waals surface area contributed by atoms with Gasteiger partial charge in [-0.25, -0.2) is 0 Å². The molecular formula is C13H18N2. The Bertz CT molecular complexity index is 455. The second kappa shape index (κ2) is 4.07. The van der Waals surface area contributed by atoms with E-state index in [1.807, 2.05) is 0 Å². The summed E-state index contributed by atoms with van der Waals surface area (Å²) in [6.45, 7) is 3.21. The van der Waals surface area contributed by atoms with E-state index in [1.54, 1.807) is 0 Å². The monoisotopic (exact) mass is 202 g/mol. The Morgan fingerprint density at radius 2 is 1.93 bits per heavy atom. The van der Waals surface area contributed by atoms with E-state index >= 15 is 0 Å². The lowest BCUT2D eigenvalue weighted by atomic mass is 10.1. The molecule has 0 aliphatic heterocycles. The molecule has 80 valence electrons. The maximum absolute atomic E-state index is 3.49. The van der Waals surface area contributed by atoms with Crippen LogP contribution in [-0.4, -0.2) is 24.0 Å². The highest BCUT2D eigenvalue weighted by atomic mass is 15.1. The third-order valence-corrected chi connectivity index (χ3v) is 2.73. The number of H-pyrrole nitrogens is 1. The number of aromatic amines is 1. The molecule has 0 fully saturated rings.